The van der Waals surface area contributed by atoms with Gasteiger partial charge < -0.3 is 9.47 Å². The highest BCUT2D eigenvalue weighted by Gasteiger charge is 2.21. The molecular weight excluding hydrogens is 374 g/mol. The maximum absolute atomic E-state index is 13.1. The lowest BCUT2D eigenvalue weighted by Crippen LogP contribution is -2.40. The van der Waals surface area contributed by atoms with Crippen LogP contribution in [0.5, 0.6) is 5.75 Å². The summed E-state index contributed by atoms with van der Waals surface area (Å²) in [6.45, 7) is 4.84. The lowest BCUT2D eigenvalue weighted by molar-refractivity contribution is 0.184. The van der Waals surface area contributed by atoms with E-state index in [2.05, 4.69) is 4.98 Å². The van der Waals surface area contributed by atoms with E-state index in [1.165, 1.54) is 16.2 Å². The summed E-state index contributed by atoms with van der Waals surface area (Å²) in [5, 5.41) is 0. The van der Waals surface area contributed by atoms with E-state index in [1.807, 2.05) is 48.9 Å². The Morgan fingerprint density at radius 3 is 2.66 bits per heavy atom. The van der Waals surface area contributed by atoms with Crippen molar-refractivity contribution in [3.8, 4) is 11.4 Å². The molecule has 0 spiro atoms. The first kappa shape index (κ1) is 19.0. The molecule has 0 aliphatic heterocycles. The highest BCUT2D eigenvalue weighted by molar-refractivity contribution is 5.76. The molecule has 9 nitrogen and oxygen atoms in total. The zero-order valence-corrected chi connectivity index (χ0v) is 16.9. The second-order valence-corrected chi connectivity index (χ2v) is 6.75. The number of ether oxygens (including phenoxy) is 2. The van der Waals surface area contributed by atoms with Gasteiger partial charge in [-0.25, -0.2) is 4.79 Å². The van der Waals surface area contributed by atoms with Crippen molar-refractivity contribution in [2.24, 2.45) is 7.05 Å². The van der Waals surface area contributed by atoms with Crippen LogP contribution in [0.25, 0.3) is 22.6 Å². The molecule has 0 amide bonds. The smallest absolute Gasteiger partial charge is 0.332 e. The molecule has 0 radical (unpaired) electrons. The molecule has 0 fully saturated rings. The van der Waals surface area contributed by atoms with Gasteiger partial charge in [-0.1, -0.05) is 12.1 Å². The second kappa shape index (κ2) is 7.25. The third kappa shape index (κ3) is 2.85. The lowest BCUT2D eigenvalue weighted by atomic mass is 10.3. The van der Waals surface area contributed by atoms with Crippen LogP contribution in [0.15, 0.2) is 40.1 Å². The van der Waals surface area contributed by atoms with E-state index in [4.69, 9.17) is 9.47 Å². The monoisotopic (exact) mass is 397 g/mol. The Bertz CT molecular complexity index is 1320. The van der Waals surface area contributed by atoms with Crippen LogP contribution in [0.2, 0.25) is 0 Å². The zero-order valence-electron chi connectivity index (χ0n) is 16.9. The second-order valence-electron chi connectivity index (χ2n) is 6.75. The van der Waals surface area contributed by atoms with Gasteiger partial charge in [0, 0.05) is 26.0 Å². The summed E-state index contributed by atoms with van der Waals surface area (Å²) in [4.78, 5) is 30.4. The number of methoxy groups -OCH3 is 1. The zero-order chi connectivity index (χ0) is 20.7. The largest absolute Gasteiger partial charge is 0.492 e. The van der Waals surface area contributed by atoms with Crippen LogP contribution in [-0.2, 0) is 18.3 Å². The highest BCUT2D eigenvalue weighted by Crippen LogP contribution is 2.27. The van der Waals surface area contributed by atoms with Gasteiger partial charge in [-0.3, -0.25) is 22.9 Å². The number of nitrogens with zero attached hydrogens (tertiary/aromatic N) is 5. The van der Waals surface area contributed by atoms with Gasteiger partial charge in [0.05, 0.1) is 25.4 Å². The summed E-state index contributed by atoms with van der Waals surface area (Å²) >= 11 is 0. The normalized spacial score (nSPS) is 11.6. The van der Waals surface area contributed by atoms with Gasteiger partial charge >= 0.3 is 5.69 Å². The maximum atomic E-state index is 13.1. The molecule has 0 bridgehead atoms. The Morgan fingerprint density at radius 2 is 1.93 bits per heavy atom. The molecule has 4 rings (SSSR count). The predicted octanol–water partition coefficient (Wildman–Crippen LogP) is 1.49. The van der Waals surface area contributed by atoms with Crippen LogP contribution in [0, 0.1) is 6.92 Å². The van der Waals surface area contributed by atoms with Gasteiger partial charge in [0.2, 0.25) is 5.78 Å². The van der Waals surface area contributed by atoms with Crippen LogP contribution in [-0.4, -0.2) is 43.4 Å². The van der Waals surface area contributed by atoms with E-state index in [0.29, 0.717) is 23.5 Å². The van der Waals surface area contributed by atoms with Gasteiger partial charge in [0.15, 0.2) is 11.2 Å². The molecule has 3 heterocycles. The molecule has 4 aromatic rings. The van der Waals surface area contributed by atoms with Crippen molar-refractivity contribution in [2.45, 2.75) is 20.4 Å². The molecule has 0 saturated carbocycles. The SMILES string of the molecule is CCOc1ccccc1-n1c(C)cn2c3c(=O)n(CCOC)c(=O)n(C)c3nc12. The van der Waals surface area contributed by atoms with E-state index < -0.39 is 5.69 Å². The molecule has 152 valence electrons. The molecule has 0 aliphatic rings. The Hall–Kier alpha value is -3.33. The van der Waals surface area contributed by atoms with Crippen molar-refractivity contribution >= 4 is 16.9 Å². The Morgan fingerprint density at radius 1 is 1.17 bits per heavy atom. The van der Waals surface area contributed by atoms with Gasteiger partial charge in [-0.05, 0) is 26.0 Å². The van der Waals surface area contributed by atoms with Crippen LogP contribution in [0.1, 0.15) is 12.6 Å². The first-order valence-electron chi connectivity index (χ1n) is 9.40. The predicted molar refractivity (Wildman–Crippen MR) is 109 cm³/mol. The number of rotatable bonds is 6. The van der Waals surface area contributed by atoms with E-state index in [0.717, 1.165) is 17.1 Å². The van der Waals surface area contributed by atoms with Gasteiger partial charge in [0.25, 0.3) is 5.56 Å². The third-order valence-corrected chi connectivity index (χ3v) is 4.95. The molecule has 29 heavy (non-hydrogen) atoms. The van der Waals surface area contributed by atoms with Crippen LogP contribution in [0.4, 0.5) is 0 Å². The highest BCUT2D eigenvalue weighted by atomic mass is 16.5. The van der Waals surface area contributed by atoms with Gasteiger partial charge in [-0.2, -0.15) is 4.98 Å². The summed E-state index contributed by atoms with van der Waals surface area (Å²) < 4.78 is 17.1. The fourth-order valence-corrected chi connectivity index (χ4v) is 3.61. The number of imidazole rings is 2. The average molecular weight is 397 g/mol. The standard InChI is InChI=1S/C20H23N5O4/c1-5-29-15-9-7-6-8-14(15)25-13(2)12-24-16-17(21-19(24)25)22(3)20(27)23(18(16)26)10-11-28-4/h6-9,12H,5,10-11H2,1-4H3. The van der Waals surface area contributed by atoms with Crippen molar-refractivity contribution in [3.05, 3.63) is 57.0 Å². The number of aromatic nitrogens is 5. The van der Waals surface area contributed by atoms with Crippen molar-refractivity contribution in [2.75, 3.05) is 20.3 Å². The van der Waals surface area contributed by atoms with E-state index in [-0.39, 0.29) is 18.7 Å². The fourth-order valence-electron chi connectivity index (χ4n) is 3.61. The molecule has 9 heteroatoms. The Balaban J connectivity index is 2.07. The summed E-state index contributed by atoms with van der Waals surface area (Å²) in [7, 11) is 3.15. The molecule has 0 unspecified atom stereocenters. The minimum Gasteiger partial charge on any atom is -0.492 e. The molecule has 0 atom stereocenters. The first-order chi connectivity index (χ1) is 14.0. The van der Waals surface area contributed by atoms with E-state index >= 15 is 0 Å². The summed E-state index contributed by atoms with van der Waals surface area (Å²) in [6, 6.07) is 7.66. The first-order valence-corrected chi connectivity index (χ1v) is 9.40. The maximum Gasteiger partial charge on any atom is 0.332 e. The molecule has 0 aliphatic carbocycles. The topological polar surface area (TPSA) is 84.7 Å². The van der Waals surface area contributed by atoms with Crippen molar-refractivity contribution < 1.29 is 9.47 Å². The average Bonchev–Trinajstić information content (AvgIpc) is 3.22. The molecule has 0 saturated heterocycles. The summed E-state index contributed by atoms with van der Waals surface area (Å²) in [5.74, 6) is 1.26. The van der Waals surface area contributed by atoms with Gasteiger partial charge in [-0.15, -0.1) is 0 Å². The number of benzene rings is 1. The third-order valence-electron chi connectivity index (χ3n) is 4.95. The quantitative estimate of drug-likeness (QED) is 0.492. The van der Waals surface area contributed by atoms with E-state index in [9.17, 15) is 9.59 Å². The van der Waals surface area contributed by atoms with Crippen molar-refractivity contribution in [3.63, 3.8) is 0 Å². The Labute approximate surface area is 166 Å². The van der Waals surface area contributed by atoms with Crippen LogP contribution < -0.4 is 16.0 Å². The molecule has 3 aromatic heterocycles. The number of para-hydroxylation sites is 2. The van der Waals surface area contributed by atoms with Crippen molar-refractivity contribution in [1.82, 2.24) is 23.1 Å². The minimum absolute atomic E-state index is 0.179. The molecule has 0 N–H and O–H groups in total. The number of hydrogen-bond acceptors (Lipinski definition) is 5. The number of fused-ring (bicyclic) bond motifs is 3. The van der Waals surface area contributed by atoms with E-state index in [1.54, 1.807) is 11.4 Å². The molecular formula is C20H23N5O4. The Kier molecular flexibility index (Phi) is 4.75. The van der Waals surface area contributed by atoms with Crippen LogP contribution in [0.3, 0.4) is 0 Å². The number of aryl methyl sites for hydroxylation is 2. The summed E-state index contributed by atoms with van der Waals surface area (Å²) in [5.41, 5.74) is 1.60. The van der Waals surface area contributed by atoms with Crippen LogP contribution >= 0.6 is 0 Å². The summed E-state index contributed by atoms with van der Waals surface area (Å²) in [6.07, 6.45) is 1.85. The fraction of sp³-hybridized carbons (Fsp3) is 0.350. The minimum atomic E-state index is -0.418. The molecule has 1 aromatic carbocycles. The lowest BCUT2D eigenvalue weighted by Gasteiger charge is -2.12. The van der Waals surface area contributed by atoms with Gasteiger partial charge in [0.1, 0.15) is 5.75 Å². The van der Waals surface area contributed by atoms with Crippen molar-refractivity contribution in [1.29, 1.82) is 0 Å². The number of hydrogen-bond donors (Lipinski definition) is 0.